The predicted molar refractivity (Wildman–Crippen MR) is 67.2 cm³/mol. The van der Waals surface area contributed by atoms with Gasteiger partial charge < -0.3 is 15.5 Å². The van der Waals surface area contributed by atoms with Crippen LogP contribution in [0.3, 0.4) is 0 Å². The van der Waals surface area contributed by atoms with E-state index in [-0.39, 0.29) is 18.8 Å². The number of β-amino-alcohol motifs (C(OH)–C–C–N with tert-alkyl or cyclic N) is 1. The minimum absolute atomic E-state index is 0.00500. The second kappa shape index (κ2) is 5.90. The lowest BCUT2D eigenvalue weighted by Crippen LogP contribution is -2.44. The first-order valence-electron chi connectivity index (χ1n) is 5.64. The maximum absolute atomic E-state index is 10.5. The fourth-order valence-corrected chi connectivity index (χ4v) is 1.36. The Morgan fingerprint density at radius 2 is 1.94 bits per heavy atom. The molecule has 0 amide bonds. The van der Waals surface area contributed by atoms with Crippen LogP contribution in [0.25, 0.3) is 0 Å². The van der Waals surface area contributed by atoms with Gasteiger partial charge in [-0.2, -0.15) is 0 Å². The second-order valence-corrected chi connectivity index (χ2v) is 4.79. The van der Waals surface area contributed by atoms with Crippen LogP contribution < -0.4 is 5.32 Å². The number of nitrogens with one attached hydrogen (secondary N) is 1. The maximum atomic E-state index is 10.5. The number of nitro benzene ring substituents is 1. The van der Waals surface area contributed by atoms with Crippen LogP contribution in [0.1, 0.15) is 25.5 Å². The van der Waals surface area contributed by atoms with Gasteiger partial charge in [0, 0.05) is 24.2 Å². The molecule has 1 unspecified atom stereocenters. The molecule has 1 aromatic rings. The number of benzene rings is 1. The summed E-state index contributed by atoms with van der Waals surface area (Å²) < 4.78 is 0. The first kappa shape index (κ1) is 14.6. The van der Waals surface area contributed by atoms with E-state index < -0.39 is 16.6 Å². The first-order chi connectivity index (χ1) is 8.35. The van der Waals surface area contributed by atoms with Crippen molar-refractivity contribution >= 4 is 5.69 Å². The Bertz CT molecular complexity index is 403. The zero-order valence-corrected chi connectivity index (χ0v) is 10.5. The lowest BCUT2D eigenvalue weighted by molar-refractivity contribution is -0.384. The molecule has 18 heavy (non-hydrogen) atoms. The second-order valence-electron chi connectivity index (χ2n) is 4.79. The number of nitro groups is 1. The molecule has 3 N–H and O–H groups in total. The molecule has 100 valence electrons. The number of nitrogens with zero attached hydrogens (tertiary/aromatic N) is 1. The van der Waals surface area contributed by atoms with Gasteiger partial charge in [-0.05, 0) is 31.5 Å². The van der Waals surface area contributed by atoms with E-state index in [9.17, 15) is 15.2 Å². The van der Waals surface area contributed by atoms with Gasteiger partial charge in [0.05, 0.1) is 17.6 Å². The fraction of sp³-hybridized carbons (Fsp3) is 0.500. The normalized spacial score (nSPS) is 13.3. The van der Waals surface area contributed by atoms with Crippen molar-refractivity contribution in [2.24, 2.45) is 0 Å². The van der Waals surface area contributed by atoms with Crippen molar-refractivity contribution in [1.82, 2.24) is 5.32 Å². The van der Waals surface area contributed by atoms with Crippen LogP contribution in [0.2, 0.25) is 0 Å². The molecule has 6 heteroatoms. The minimum Gasteiger partial charge on any atom is -0.394 e. The number of hydrogen-bond donors (Lipinski definition) is 3. The van der Waals surface area contributed by atoms with Crippen LogP contribution in [0.15, 0.2) is 24.3 Å². The zero-order valence-electron chi connectivity index (χ0n) is 10.5. The Balaban J connectivity index is 2.62. The SMILES string of the molecule is CC(C)(CO)NCC(O)c1ccc([N+](=O)[O-])cc1. The Kier molecular flexibility index (Phi) is 4.77. The van der Waals surface area contributed by atoms with Crippen molar-refractivity contribution in [3.8, 4) is 0 Å². The molecule has 0 aliphatic rings. The van der Waals surface area contributed by atoms with Gasteiger partial charge in [0.2, 0.25) is 0 Å². The molecule has 1 rings (SSSR count). The molecule has 1 atom stereocenters. The molecule has 0 spiro atoms. The van der Waals surface area contributed by atoms with E-state index in [1.54, 1.807) is 0 Å². The first-order valence-corrected chi connectivity index (χ1v) is 5.64. The summed E-state index contributed by atoms with van der Waals surface area (Å²) >= 11 is 0. The lowest BCUT2D eigenvalue weighted by Gasteiger charge is -2.25. The highest BCUT2D eigenvalue weighted by molar-refractivity contribution is 5.33. The van der Waals surface area contributed by atoms with E-state index in [4.69, 9.17) is 5.11 Å². The predicted octanol–water partition coefficient (Wildman–Crippen LogP) is 0.989. The summed E-state index contributed by atoms with van der Waals surface area (Å²) in [6, 6.07) is 5.76. The summed E-state index contributed by atoms with van der Waals surface area (Å²) in [7, 11) is 0. The van der Waals surface area contributed by atoms with E-state index in [0.29, 0.717) is 5.56 Å². The third-order valence-corrected chi connectivity index (χ3v) is 2.66. The number of aliphatic hydroxyl groups excluding tert-OH is 2. The van der Waals surface area contributed by atoms with Crippen LogP contribution in [0, 0.1) is 10.1 Å². The van der Waals surface area contributed by atoms with Gasteiger partial charge in [0.1, 0.15) is 0 Å². The van der Waals surface area contributed by atoms with Crippen molar-refractivity contribution in [3.05, 3.63) is 39.9 Å². The topological polar surface area (TPSA) is 95.6 Å². The van der Waals surface area contributed by atoms with E-state index in [1.165, 1.54) is 24.3 Å². The Hall–Kier alpha value is -1.50. The molecule has 0 bridgehead atoms. The quantitative estimate of drug-likeness (QED) is 0.519. The van der Waals surface area contributed by atoms with Crippen molar-refractivity contribution in [2.75, 3.05) is 13.2 Å². The van der Waals surface area contributed by atoms with Crippen molar-refractivity contribution in [2.45, 2.75) is 25.5 Å². The number of non-ortho nitro benzene ring substituents is 1. The highest BCUT2D eigenvalue weighted by Crippen LogP contribution is 2.17. The highest BCUT2D eigenvalue weighted by atomic mass is 16.6. The van der Waals surface area contributed by atoms with Gasteiger partial charge >= 0.3 is 0 Å². The van der Waals surface area contributed by atoms with Gasteiger partial charge in [-0.15, -0.1) is 0 Å². The summed E-state index contributed by atoms with van der Waals surface area (Å²) in [6.45, 7) is 3.86. The van der Waals surface area contributed by atoms with Crippen LogP contribution in [-0.4, -0.2) is 33.8 Å². The van der Waals surface area contributed by atoms with Gasteiger partial charge in [0.15, 0.2) is 0 Å². The maximum Gasteiger partial charge on any atom is 0.269 e. The third-order valence-electron chi connectivity index (χ3n) is 2.66. The van der Waals surface area contributed by atoms with Gasteiger partial charge in [-0.1, -0.05) is 0 Å². The van der Waals surface area contributed by atoms with Crippen LogP contribution in [-0.2, 0) is 0 Å². The summed E-state index contributed by atoms with van der Waals surface area (Å²) in [4.78, 5) is 10.00. The van der Waals surface area contributed by atoms with Crippen molar-refractivity contribution in [3.63, 3.8) is 0 Å². The van der Waals surface area contributed by atoms with Crippen LogP contribution >= 0.6 is 0 Å². The molecule has 0 radical (unpaired) electrons. The van der Waals surface area contributed by atoms with E-state index >= 15 is 0 Å². The molecule has 6 nitrogen and oxygen atoms in total. The molecule has 1 aromatic carbocycles. The van der Waals surface area contributed by atoms with Crippen molar-refractivity contribution < 1.29 is 15.1 Å². The van der Waals surface area contributed by atoms with Crippen molar-refractivity contribution in [1.29, 1.82) is 0 Å². The average molecular weight is 254 g/mol. The number of rotatable bonds is 6. The Labute approximate surface area is 105 Å². The lowest BCUT2D eigenvalue weighted by atomic mass is 10.0. The molecular weight excluding hydrogens is 236 g/mol. The van der Waals surface area contributed by atoms with Crippen LogP contribution in [0.5, 0.6) is 0 Å². The Morgan fingerprint density at radius 3 is 2.39 bits per heavy atom. The minimum atomic E-state index is -0.767. The highest BCUT2D eigenvalue weighted by Gasteiger charge is 2.18. The van der Waals surface area contributed by atoms with Gasteiger partial charge in [-0.3, -0.25) is 10.1 Å². The fourth-order valence-electron chi connectivity index (χ4n) is 1.36. The van der Waals surface area contributed by atoms with E-state index in [2.05, 4.69) is 5.32 Å². The van der Waals surface area contributed by atoms with Crippen LogP contribution in [0.4, 0.5) is 5.69 Å². The van der Waals surface area contributed by atoms with E-state index in [0.717, 1.165) is 0 Å². The smallest absolute Gasteiger partial charge is 0.269 e. The van der Waals surface area contributed by atoms with E-state index in [1.807, 2.05) is 13.8 Å². The standard InChI is InChI=1S/C12H18N2O4/c1-12(2,8-15)13-7-11(16)9-3-5-10(6-4-9)14(17)18/h3-6,11,13,15-16H,7-8H2,1-2H3. The summed E-state index contributed by atoms with van der Waals surface area (Å²) in [6.07, 6.45) is -0.767. The third kappa shape index (κ3) is 4.06. The molecule has 0 aliphatic carbocycles. The summed E-state index contributed by atoms with van der Waals surface area (Å²) in [5.41, 5.74) is 0.123. The largest absolute Gasteiger partial charge is 0.394 e. The zero-order chi connectivity index (χ0) is 13.8. The van der Waals surface area contributed by atoms with Gasteiger partial charge in [-0.25, -0.2) is 0 Å². The Morgan fingerprint density at radius 1 is 1.39 bits per heavy atom. The molecule has 0 aliphatic heterocycles. The summed E-state index contributed by atoms with van der Waals surface area (Å²) in [5, 5.41) is 32.4. The average Bonchev–Trinajstić information content (AvgIpc) is 2.36. The summed E-state index contributed by atoms with van der Waals surface area (Å²) in [5.74, 6) is 0. The monoisotopic (exact) mass is 254 g/mol. The molecule has 0 heterocycles. The molecular formula is C12H18N2O4. The number of hydrogen-bond acceptors (Lipinski definition) is 5. The molecule has 0 saturated carbocycles. The number of aliphatic hydroxyl groups is 2. The molecule has 0 aromatic heterocycles. The molecule has 0 fully saturated rings. The molecule has 0 saturated heterocycles. The van der Waals surface area contributed by atoms with Gasteiger partial charge in [0.25, 0.3) is 5.69 Å².